The molecule has 1 aliphatic heterocycles. The van der Waals surface area contributed by atoms with Crippen LogP contribution in [0.15, 0.2) is 30.7 Å². The summed E-state index contributed by atoms with van der Waals surface area (Å²) in [6.45, 7) is 13.5. The highest BCUT2D eigenvalue weighted by atomic mass is 16.6. The lowest BCUT2D eigenvalue weighted by Gasteiger charge is -2.31. The molecule has 0 saturated heterocycles. The van der Waals surface area contributed by atoms with Crippen molar-refractivity contribution in [1.82, 2.24) is 24.5 Å². The van der Waals surface area contributed by atoms with Crippen LogP contribution >= 0.6 is 0 Å². The van der Waals surface area contributed by atoms with Crippen LogP contribution in [0.2, 0.25) is 0 Å². The number of H-pyrrole nitrogens is 1. The smallest absolute Gasteiger partial charge is 0.410 e. The van der Waals surface area contributed by atoms with E-state index in [1.165, 1.54) is 22.1 Å². The van der Waals surface area contributed by atoms with Crippen LogP contribution in [0.1, 0.15) is 62.8 Å². The third kappa shape index (κ3) is 3.86. The SMILES string of the molecule is Cc1cc(-c2[nH]c3cc4c(cc3c2C(C)C)CN(C(=O)OC(C)(C)C)CC4)cn2ncnc12. The molecule has 1 aliphatic rings. The van der Waals surface area contributed by atoms with Gasteiger partial charge in [0.15, 0.2) is 5.65 Å². The maximum Gasteiger partial charge on any atom is 0.410 e. The zero-order valence-corrected chi connectivity index (χ0v) is 20.2. The summed E-state index contributed by atoms with van der Waals surface area (Å²) in [5.41, 5.74) is 8.57. The van der Waals surface area contributed by atoms with Crippen molar-refractivity contribution in [2.45, 2.75) is 66.0 Å². The minimum atomic E-state index is -0.495. The first-order valence-corrected chi connectivity index (χ1v) is 11.6. The summed E-state index contributed by atoms with van der Waals surface area (Å²) < 4.78 is 7.45. The van der Waals surface area contributed by atoms with Gasteiger partial charge in [-0.2, -0.15) is 5.10 Å². The van der Waals surface area contributed by atoms with Gasteiger partial charge in [0.1, 0.15) is 11.9 Å². The zero-order chi connectivity index (χ0) is 23.5. The maximum atomic E-state index is 12.7. The second kappa shape index (κ2) is 7.61. The van der Waals surface area contributed by atoms with E-state index >= 15 is 0 Å². The van der Waals surface area contributed by atoms with Gasteiger partial charge >= 0.3 is 6.09 Å². The fourth-order valence-electron chi connectivity index (χ4n) is 4.81. The van der Waals surface area contributed by atoms with Gasteiger partial charge in [0, 0.05) is 35.8 Å². The van der Waals surface area contributed by atoms with Crippen molar-refractivity contribution in [1.29, 1.82) is 0 Å². The van der Waals surface area contributed by atoms with Crippen LogP contribution in [-0.4, -0.2) is 42.7 Å². The molecule has 7 nitrogen and oxygen atoms in total. The number of pyridine rings is 1. The summed E-state index contributed by atoms with van der Waals surface area (Å²) in [5, 5.41) is 5.56. The van der Waals surface area contributed by atoms with Gasteiger partial charge < -0.3 is 14.6 Å². The van der Waals surface area contributed by atoms with E-state index in [-0.39, 0.29) is 6.09 Å². The molecule has 3 aromatic heterocycles. The Morgan fingerprint density at radius 1 is 1.18 bits per heavy atom. The lowest BCUT2D eigenvalue weighted by Crippen LogP contribution is -2.39. The maximum absolute atomic E-state index is 12.7. The summed E-state index contributed by atoms with van der Waals surface area (Å²) in [7, 11) is 0. The molecule has 0 atom stereocenters. The Balaban J connectivity index is 1.59. The van der Waals surface area contributed by atoms with Gasteiger partial charge in [-0.3, -0.25) is 0 Å². The Kier molecular flexibility index (Phi) is 4.96. The highest BCUT2D eigenvalue weighted by Crippen LogP contribution is 2.38. The van der Waals surface area contributed by atoms with E-state index in [2.05, 4.69) is 54.0 Å². The molecule has 33 heavy (non-hydrogen) atoms. The topological polar surface area (TPSA) is 75.5 Å². The van der Waals surface area contributed by atoms with Gasteiger partial charge in [0.2, 0.25) is 0 Å². The number of hydrogen-bond donors (Lipinski definition) is 1. The molecule has 0 saturated carbocycles. The number of fused-ring (bicyclic) bond motifs is 3. The van der Waals surface area contributed by atoms with Crippen LogP contribution in [-0.2, 0) is 17.7 Å². The second-order valence-electron chi connectivity index (χ2n) is 10.3. The van der Waals surface area contributed by atoms with E-state index in [4.69, 9.17) is 4.74 Å². The van der Waals surface area contributed by atoms with Gasteiger partial charge in [-0.05, 0) is 80.5 Å². The first-order valence-electron chi connectivity index (χ1n) is 11.6. The Morgan fingerprint density at radius 2 is 1.97 bits per heavy atom. The van der Waals surface area contributed by atoms with E-state index in [1.54, 1.807) is 6.33 Å². The molecule has 0 radical (unpaired) electrons. The third-order valence-corrected chi connectivity index (χ3v) is 6.25. The van der Waals surface area contributed by atoms with Gasteiger partial charge in [-0.15, -0.1) is 0 Å². The van der Waals surface area contributed by atoms with Crippen molar-refractivity contribution in [2.24, 2.45) is 0 Å². The van der Waals surface area contributed by atoms with Crippen LogP contribution in [0.4, 0.5) is 4.79 Å². The van der Waals surface area contributed by atoms with Gasteiger partial charge in [0.25, 0.3) is 0 Å². The minimum absolute atomic E-state index is 0.247. The molecule has 0 fully saturated rings. The number of aromatic amines is 1. The number of ether oxygens (including phenoxy) is 1. The number of aromatic nitrogens is 4. The van der Waals surface area contributed by atoms with Crippen LogP contribution in [0.5, 0.6) is 0 Å². The predicted molar refractivity (Wildman–Crippen MR) is 129 cm³/mol. The van der Waals surface area contributed by atoms with E-state index < -0.39 is 5.60 Å². The number of nitrogens with one attached hydrogen (secondary N) is 1. The van der Waals surface area contributed by atoms with Crippen LogP contribution in [0.3, 0.4) is 0 Å². The van der Waals surface area contributed by atoms with E-state index in [9.17, 15) is 4.79 Å². The minimum Gasteiger partial charge on any atom is -0.444 e. The first-order chi connectivity index (χ1) is 15.6. The highest BCUT2D eigenvalue weighted by molar-refractivity contribution is 5.92. The average Bonchev–Trinajstić information content (AvgIpc) is 3.34. The van der Waals surface area contributed by atoms with E-state index in [0.29, 0.717) is 19.0 Å². The molecule has 5 rings (SSSR count). The number of carbonyl (C=O) groups is 1. The molecular weight excluding hydrogens is 414 g/mol. The number of amides is 1. The van der Waals surface area contributed by atoms with E-state index in [0.717, 1.165) is 34.4 Å². The van der Waals surface area contributed by atoms with Crippen molar-refractivity contribution >= 4 is 22.6 Å². The molecule has 4 aromatic rings. The first kappa shape index (κ1) is 21.5. The van der Waals surface area contributed by atoms with E-state index in [1.807, 2.05) is 36.4 Å². The largest absolute Gasteiger partial charge is 0.444 e. The lowest BCUT2D eigenvalue weighted by molar-refractivity contribution is 0.0224. The quantitative estimate of drug-likeness (QED) is 0.436. The van der Waals surface area contributed by atoms with Crippen molar-refractivity contribution in [3.05, 3.63) is 53.0 Å². The molecule has 4 heterocycles. The Labute approximate surface area is 193 Å². The van der Waals surface area contributed by atoms with Crippen molar-refractivity contribution in [3.8, 4) is 11.3 Å². The summed E-state index contributed by atoms with van der Waals surface area (Å²) in [6.07, 6.45) is 4.20. The normalized spacial score (nSPS) is 14.3. The Hall–Kier alpha value is -3.35. The highest BCUT2D eigenvalue weighted by Gasteiger charge is 2.27. The monoisotopic (exact) mass is 445 g/mol. The number of benzene rings is 1. The van der Waals surface area contributed by atoms with Gasteiger partial charge in [-0.25, -0.2) is 14.3 Å². The molecule has 7 heteroatoms. The van der Waals surface area contributed by atoms with Crippen molar-refractivity contribution in [2.75, 3.05) is 6.54 Å². The Morgan fingerprint density at radius 3 is 2.70 bits per heavy atom. The number of nitrogens with zero attached hydrogens (tertiary/aromatic N) is 4. The van der Waals surface area contributed by atoms with Crippen molar-refractivity contribution < 1.29 is 9.53 Å². The summed E-state index contributed by atoms with van der Waals surface area (Å²) >= 11 is 0. The van der Waals surface area contributed by atoms with Crippen LogP contribution in [0, 0.1) is 6.92 Å². The fourth-order valence-corrected chi connectivity index (χ4v) is 4.81. The molecule has 1 N–H and O–H groups in total. The fraction of sp³-hybridized carbons (Fsp3) is 0.423. The lowest BCUT2D eigenvalue weighted by atomic mass is 9.92. The third-order valence-electron chi connectivity index (χ3n) is 6.25. The molecule has 0 bridgehead atoms. The Bertz CT molecular complexity index is 1370. The summed E-state index contributed by atoms with van der Waals surface area (Å²) in [5.74, 6) is 0.323. The average molecular weight is 446 g/mol. The summed E-state index contributed by atoms with van der Waals surface area (Å²) in [6, 6.07) is 6.69. The summed E-state index contributed by atoms with van der Waals surface area (Å²) in [4.78, 5) is 22.5. The zero-order valence-electron chi connectivity index (χ0n) is 20.2. The molecule has 0 aliphatic carbocycles. The number of hydrogen-bond acceptors (Lipinski definition) is 4. The molecule has 1 aromatic carbocycles. The predicted octanol–water partition coefficient (Wildman–Crippen LogP) is 5.60. The van der Waals surface area contributed by atoms with Crippen molar-refractivity contribution in [3.63, 3.8) is 0 Å². The molecular formula is C26H31N5O2. The molecule has 0 spiro atoms. The molecule has 0 unspecified atom stereocenters. The van der Waals surface area contributed by atoms with Crippen LogP contribution in [0.25, 0.3) is 27.8 Å². The molecule has 1 amide bonds. The second-order valence-corrected chi connectivity index (χ2v) is 10.3. The standard InChI is InChI=1S/C26H31N5O2/c1-15(2)22-20-10-18-12-30(25(32)33-26(4,5)6)8-7-17(18)11-21(20)29-23(22)19-9-16(3)24-27-14-28-31(24)13-19/h9-11,13-15,29H,7-8,12H2,1-6H3. The van der Waals surface area contributed by atoms with Gasteiger partial charge in [0.05, 0.1) is 5.69 Å². The number of aryl methyl sites for hydroxylation is 1. The number of rotatable bonds is 2. The van der Waals surface area contributed by atoms with Crippen LogP contribution < -0.4 is 0 Å². The van der Waals surface area contributed by atoms with Gasteiger partial charge in [-0.1, -0.05) is 13.8 Å². The number of carbonyl (C=O) groups excluding carboxylic acids is 1. The molecule has 172 valence electrons.